The number of imide groups is 1. The van der Waals surface area contributed by atoms with E-state index in [1.165, 1.54) is 18.2 Å². The molecule has 30 heavy (non-hydrogen) atoms. The van der Waals surface area contributed by atoms with Crippen LogP contribution in [0.5, 0.6) is 0 Å². The molecule has 1 unspecified atom stereocenters. The number of aliphatic hydroxyl groups is 1. The van der Waals surface area contributed by atoms with E-state index < -0.39 is 17.6 Å². The van der Waals surface area contributed by atoms with E-state index in [-0.39, 0.29) is 18.2 Å². The van der Waals surface area contributed by atoms with Crippen LogP contribution in [0.1, 0.15) is 29.5 Å². The van der Waals surface area contributed by atoms with Gasteiger partial charge in [-0.3, -0.25) is 9.59 Å². The number of aryl methyl sites for hydroxylation is 2. The number of carbonyl (C=O) groups is 2. The summed E-state index contributed by atoms with van der Waals surface area (Å²) >= 11 is 0. The van der Waals surface area contributed by atoms with Gasteiger partial charge in [-0.15, -0.1) is 0 Å². The van der Waals surface area contributed by atoms with Gasteiger partial charge in [-0.1, -0.05) is 24.3 Å². The second-order valence-electron chi connectivity index (χ2n) is 8.09. The molecule has 1 N–H and O–H groups in total. The molecule has 2 aliphatic rings. The first-order chi connectivity index (χ1) is 14.4. The molecule has 156 valence electrons. The smallest absolute Gasteiger partial charge is 0.282 e. The summed E-state index contributed by atoms with van der Waals surface area (Å²) in [7, 11) is 0. The number of hydrogen-bond donors (Lipinski definition) is 1. The Labute approximate surface area is 175 Å². The van der Waals surface area contributed by atoms with Gasteiger partial charge in [-0.05, 0) is 67.5 Å². The first kappa shape index (κ1) is 20.3. The van der Waals surface area contributed by atoms with Crippen LogP contribution in [0.3, 0.4) is 0 Å². The van der Waals surface area contributed by atoms with Gasteiger partial charge in [0.1, 0.15) is 11.5 Å². The van der Waals surface area contributed by atoms with Crippen molar-refractivity contribution in [2.45, 2.75) is 26.7 Å². The van der Waals surface area contributed by atoms with E-state index in [9.17, 15) is 19.1 Å². The number of rotatable bonds is 4. The van der Waals surface area contributed by atoms with E-state index in [2.05, 4.69) is 0 Å². The number of anilines is 1. The highest BCUT2D eigenvalue weighted by Crippen LogP contribution is 2.37. The third kappa shape index (κ3) is 3.52. The number of hydrogen-bond acceptors (Lipinski definition) is 4. The lowest BCUT2D eigenvalue weighted by Gasteiger charge is -2.34. The van der Waals surface area contributed by atoms with Crippen LogP contribution in [0, 0.1) is 25.6 Å². The zero-order valence-corrected chi connectivity index (χ0v) is 17.2. The molecule has 1 atom stereocenters. The van der Waals surface area contributed by atoms with E-state index in [1.54, 1.807) is 6.07 Å². The minimum Gasteiger partial charge on any atom is -0.396 e. The average Bonchev–Trinajstić information content (AvgIpc) is 3.00. The maximum absolute atomic E-state index is 13.8. The molecule has 5 nitrogen and oxygen atoms in total. The fraction of sp³-hybridized carbons (Fsp3) is 0.333. The van der Waals surface area contributed by atoms with Crippen molar-refractivity contribution in [2.24, 2.45) is 5.92 Å². The Balaban J connectivity index is 1.84. The fourth-order valence-electron chi connectivity index (χ4n) is 4.24. The number of carbonyl (C=O) groups excluding carboxylic acids is 2. The van der Waals surface area contributed by atoms with Gasteiger partial charge in [-0.25, -0.2) is 9.29 Å². The fourth-order valence-corrected chi connectivity index (χ4v) is 4.24. The van der Waals surface area contributed by atoms with E-state index in [0.717, 1.165) is 28.9 Å². The second-order valence-corrected chi connectivity index (χ2v) is 8.09. The summed E-state index contributed by atoms with van der Waals surface area (Å²) in [4.78, 5) is 29.9. The van der Waals surface area contributed by atoms with Gasteiger partial charge < -0.3 is 10.0 Å². The molecule has 0 bridgehead atoms. The van der Waals surface area contributed by atoms with E-state index in [4.69, 9.17) is 0 Å². The second kappa shape index (κ2) is 8.03. The number of aliphatic hydroxyl groups excluding tert-OH is 1. The number of amides is 2. The quantitative estimate of drug-likeness (QED) is 0.788. The Morgan fingerprint density at radius 2 is 1.87 bits per heavy atom. The van der Waals surface area contributed by atoms with Crippen LogP contribution in [0.4, 0.5) is 10.1 Å². The lowest BCUT2D eigenvalue weighted by molar-refractivity contribution is -0.120. The highest BCUT2D eigenvalue weighted by molar-refractivity contribution is 6.45. The average molecular weight is 408 g/mol. The molecule has 0 saturated carbocycles. The molecule has 0 spiro atoms. The molecular formula is C24H25FN2O3. The van der Waals surface area contributed by atoms with Crippen LogP contribution in [-0.2, 0) is 9.59 Å². The molecular weight excluding hydrogens is 383 g/mol. The van der Waals surface area contributed by atoms with E-state index >= 15 is 0 Å². The van der Waals surface area contributed by atoms with Crippen molar-refractivity contribution in [3.8, 4) is 0 Å². The van der Waals surface area contributed by atoms with Gasteiger partial charge in [0.15, 0.2) is 0 Å². The molecule has 1 fully saturated rings. The maximum atomic E-state index is 13.8. The van der Waals surface area contributed by atoms with Gasteiger partial charge in [0.05, 0.1) is 11.3 Å². The lowest BCUT2D eigenvalue weighted by atomic mass is 9.96. The van der Waals surface area contributed by atoms with Crippen molar-refractivity contribution in [1.82, 2.24) is 4.90 Å². The highest BCUT2D eigenvalue weighted by atomic mass is 19.1. The van der Waals surface area contributed by atoms with Crippen molar-refractivity contribution in [2.75, 3.05) is 24.6 Å². The van der Waals surface area contributed by atoms with E-state index in [0.29, 0.717) is 29.9 Å². The third-order valence-corrected chi connectivity index (χ3v) is 6.01. The van der Waals surface area contributed by atoms with E-state index in [1.807, 2.05) is 36.9 Å². The molecule has 2 amide bonds. The summed E-state index contributed by atoms with van der Waals surface area (Å²) in [5.74, 6) is -1.35. The lowest BCUT2D eigenvalue weighted by Crippen LogP contribution is -2.40. The Morgan fingerprint density at radius 3 is 2.57 bits per heavy atom. The molecule has 4 rings (SSSR count). The minimum absolute atomic E-state index is 0.0402. The predicted octanol–water partition coefficient (Wildman–Crippen LogP) is 3.43. The monoisotopic (exact) mass is 408 g/mol. The molecule has 1 saturated heterocycles. The van der Waals surface area contributed by atoms with Gasteiger partial charge in [0, 0.05) is 19.7 Å². The summed E-state index contributed by atoms with van der Waals surface area (Å²) in [6.07, 6.45) is 1.71. The number of likely N-dealkylation sites (tertiary alicyclic amines) is 1. The van der Waals surface area contributed by atoms with Crippen LogP contribution < -0.4 is 4.90 Å². The standard InChI is InChI=1S/C24H25FN2O3/c1-15-8-9-18(11-16(15)2)21-22(26-10-4-5-17(13-26)14-28)24(30)27(23(21)29)20-7-3-6-19(25)12-20/h3,6-9,11-12,17,28H,4-5,10,13-14H2,1-2H3. The molecule has 0 radical (unpaired) electrons. The minimum atomic E-state index is -0.507. The topological polar surface area (TPSA) is 60.9 Å². The van der Waals surface area contributed by atoms with Crippen LogP contribution in [0.15, 0.2) is 48.2 Å². The number of benzene rings is 2. The first-order valence-corrected chi connectivity index (χ1v) is 10.2. The number of nitrogens with zero attached hydrogens (tertiary/aromatic N) is 2. The van der Waals surface area contributed by atoms with Crippen molar-refractivity contribution in [3.63, 3.8) is 0 Å². The van der Waals surface area contributed by atoms with Crippen LogP contribution in [0.2, 0.25) is 0 Å². The van der Waals surface area contributed by atoms with Gasteiger partial charge in [-0.2, -0.15) is 0 Å². The van der Waals surface area contributed by atoms with Crippen LogP contribution in [-0.4, -0.2) is 41.5 Å². The summed E-state index contributed by atoms with van der Waals surface area (Å²) < 4.78 is 13.8. The van der Waals surface area contributed by atoms with Crippen molar-refractivity contribution in [3.05, 3.63) is 70.7 Å². The molecule has 2 aliphatic heterocycles. The zero-order valence-electron chi connectivity index (χ0n) is 17.2. The van der Waals surface area contributed by atoms with Crippen molar-refractivity contribution < 1.29 is 19.1 Å². The molecule has 6 heteroatoms. The SMILES string of the molecule is Cc1ccc(C2=C(N3CCCC(CO)C3)C(=O)N(c3cccc(F)c3)C2=O)cc1C. The molecule has 0 aromatic heterocycles. The van der Waals surface area contributed by atoms with Gasteiger partial charge >= 0.3 is 0 Å². The molecule has 2 heterocycles. The third-order valence-electron chi connectivity index (χ3n) is 6.01. The molecule has 2 aromatic rings. The Kier molecular flexibility index (Phi) is 5.43. The summed E-state index contributed by atoms with van der Waals surface area (Å²) in [5, 5.41) is 9.63. The van der Waals surface area contributed by atoms with Gasteiger partial charge in [0.2, 0.25) is 0 Å². The zero-order chi connectivity index (χ0) is 21.4. The normalized spacial score (nSPS) is 19.8. The maximum Gasteiger partial charge on any atom is 0.282 e. The summed E-state index contributed by atoms with van der Waals surface area (Å²) in [5.41, 5.74) is 3.69. The Morgan fingerprint density at radius 1 is 1.07 bits per heavy atom. The Bertz CT molecular complexity index is 1050. The highest BCUT2D eigenvalue weighted by Gasteiger charge is 2.43. The van der Waals surface area contributed by atoms with Crippen LogP contribution >= 0.6 is 0 Å². The van der Waals surface area contributed by atoms with Crippen LogP contribution in [0.25, 0.3) is 5.57 Å². The molecule has 0 aliphatic carbocycles. The largest absolute Gasteiger partial charge is 0.396 e. The summed E-state index contributed by atoms with van der Waals surface area (Å²) in [6, 6.07) is 11.2. The number of piperidine rings is 1. The predicted molar refractivity (Wildman–Crippen MR) is 113 cm³/mol. The molecule has 2 aromatic carbocycles. The van der Waals surface area contributed by atoms with Crippen molar-refractivity contribution >= 4 is 23.1 Å². The first-order valence-electron chi connectivity index (χ1n) is 10.2. The van der Waals surface area contributed by atoms with Gasteiger partial charge in [0.25, 0.3) is 11.8 Å². The Hall–Kier alpha value is -2.99. The van der Waals surface area contributed by atoms with Crippen molar-refractivity contribution in [1.29, 1.82) is 0 Å². The summed E-state index contributed by atoms with van der Waals surface area (Å²) in [6.45, 7) is 5.14. The number of halogens is 1.